The lowest BCUT2D eigenvalue weighted by atomic mass is 10.1. The molecule has 6 aromatic rings. The Morgan fingerprint density at radius 3 is 2.30 bits per heavy atom. The minimum atomic E-state index is 0.382. The van der Waals surface area contributed by atoms with E-state index in [1.165, 1.54) is 5.56 Å². The molecule has 0 radical (unpaired) electrons. The number of hydrogen-bond acceptors (Lipinski definition) is 9. The Balaban J connectivity index is 0.00000182. The SMILES string of the molecule is CC.N#Cc1ccnc(N2CCN(Cc3ccc(-n4c(-c5cccnc5N)nc5ccc(-c6ccccc6Cl)nc54)cc3)CC2)n1. The molecule has 0 aliphatic carbocycles. The molecule has 0 bridgehead atoms. The maximum atomic E-state index is 9.16. The number of aromatic nitrogens is 6. The number of nitrogen functional groups attached to an aromatic ring is 1. The lowest BCUT2D eigenvalue weighted by molar-refractivity contribution is 0.248. The number of piperazine rings is 1. The molecule has 10 nitrogen and oxygen atoms in total. The van der Waals surface area contributed by atoms with E-state index >= 15 is 0 Å². The van der Waals surface area contributed by atoms with Gasteiger partial charge in [0.15, 0.2) is 11.5 Å². The van der Waals surface area contributed by atoms with Crippen LogP contribution in [0.1, 0.15) is 25.1 Å². The van der Waals surface area contributed by atoms with E-state index in [1.54, 1.807) is 18.5 Å². The Morgan fingerprint density at radius 1 is 0.804 bits per heavy atom. The first kappa shape index (κ1) is 30.6. The third kappa shape index (κ3) is 6.24. The molecule has 4 aromatic heterocycles. The van der Waals surface area contributed by atoms with E-state index in [0.29, 0.717) is 34.0 Å². The van der Waals surface area contributed by atoms with Crippen molar-refractivity contribution in [2.45, 2.75) is 20.4 Å². The quantitative estimate of drug-likeness (QED) is 0.223. The zero-order chi connectivity index (χ0) is 32.0. The zero-order valence-electron chi connectivity index (χ0n) is 25.7. The number of nitrogens with two attached hydrogens (primary N) is 1. The second-order valence-corrected chi connectivity index (χ2v) is 10.9. The summed E-state index contributed by atoms with van der Waals surface area (Å²) >= 11 is 6.53. The van der Waals surface area contributed by atoms with E-state index in [2.05, 4.69) is 55.1 Å². The number of pyridine rings is 2. The molecule has 2 N–H and O–H groups in total. The number of imidazole rings is 1. The Hall–Kier alpha value is -5.37. The predicted octanol–water partition coefficient (Wildman–Crippen LogP) is 6.40. The van der Waals surface area contributed by atoms with Gasteiger partial charge in [0.1, 0.15) is 23.1 Å². The summed E-state index contributed by atoms with van der Waals surface area (Å²) in [6, 6.07) is 27.5. The second-order valence-electron chi connectivity index (χ2n) is 10.5. The molecular formula is C35H33ClN10. The first-order chi connectivity index (χ1) is 22.6. The molecule has 11 heteroatoms. The van der Waals surface area contributed by atoms with Crippen molar-refractivity contribution in [2.75, 3.05) is 36.8 Å². The lowest BCUT2D eigenvalue weighted by Gasteiger charge is -2.34. The maximum absolute atomic E-state index is 9.16. The van der Waals surface area contributed by atoms with Gasteiger partial charge in [0.05, 0.1) is 11.3 Å². The average molecular weight is 629 g/mol. The molecule has 7 rings (SSSR count). The van der Waals surface area contributed by atoms with Gasteiger partial charge in [0.2, 0.25) is 5.95 Å². The molecule has 0 amide bonds. The molecular weight excluding hydrogens is 596 g/mol. The van der Waals surface area contributed by atoms with Crippen LogP contribution >= 0.6 is 11.6 Å². The van der Waals surface area contributed by atoms with Crippen molar-refractivity contribution in [2.24, 2.45) is 0 Å². The highest BCUT2D eigenvalue weighted by Crippen LogP contribution is 2.33. The molecule has 46 heavy (non-hydrogen) atoms. The molecule has 1 aliphatic rings. The Labute approximate surface area is 272 Å². The summed E-state index contributed by atoms with van der Waals surface area (Å²) in [4.78, 5) is 27.5. The van der Waals surface area contributed by atoms with Crippen molar-refractivity contribution in [1.29, 1.82) is 5.26 Å². The van der Waals surface area contributed by atoms with E-state index < -0.39 is 0 Å². The fraction of sp³-hybridized carbons (Fsp3) is 0.200. The summed E-state index contributed by atoms with van der Waals surface area (Å²) in [6.07, 6.45) is 3.31. The van der Waals surface area contributed by atoms with Gasteiger partial charge in [-0.2, -0.15) is 5.26 Å². The van der Waals surface area contributed by atoms with Crippen molar-refractivity contribution < 1.29 is 0 Å². The fourth-order valence-corrected chi connectivity index (χ4v) is 5.72. The van der Waals surface area contributed by atoms with E-state index in [4.69, 9.17) is 32.6 Å². The van der Waals surface area contributed by atoms with Crippen molar-refractivity contribution in [3.8, 4) is 34.4 Å². The molecule has 0 saturated carbocycles. The molecule has 0 unspecified atom stereocenters. The van der Waals surface area contributed by atoms with E-state index in [1.807, 2.05) is 66.9 Å². The number of halogens is 1. The molecule has 1 fully saturated rings. The Bertz CT molecular complexity index is 2010. The second kappa shape index (κ2) is 13.7. The smallest absolute Gasteiger partial charge is 0.226 e. The highest BCUT2D eigenvalue weighted by molar-refractivity contribution is 6.33. The molecule has 2 aromatic carbocycles. The van der Waals surface area contributed by atoms with Crippen molar-refractivity contribution in [1.82, 2.24) is 34.4 Å². The highest BCUT2D eigenvalue weighted by Gasteiger charge is 2.21. The number of rotatable bonds is 6. The van der Waals surface area contributed by atoms with Gasteiger partial charge in [-0.15, -0.1) is 0 Å². The standard InChI is InChI=1S/C33H27ClN10.C2H6/c34-27-6-2-1-4-25(27)28-11-12-29-32(40-28)44(31(41-29)26-5-3-14-37-30(26)36)24-9-7-22(8-10-24)21-42-16-18-43(19-17-42)33-38-15-13-23(20-35)39-33;1-2/h1-15H,16-19,21H2,(H2,36,37);1-2H3. The average Bonchev–Trinajstić information content (AvgIpc) is 3.49. The first-order valence-corrected chi connectivity index (χ1v) is 15.6. The van der Waals surface area contributed by atoms with Gasteiger partial charge in [0.25, 0.3) is 0 Å². The van der Waals surface area contributed by atoms with E-state index in [-0.39, 0.29) is 0 Å². The van der Waals surface area contributed by atoms with Crippen LogP contribution in [0.5, 0.6) is 0 Å². The topological polar surface area (TPSA) is 126 Å². The molecule has 230 valence electrons. The summed E-state index contributed by atoms with van der Waals surface area (Å²) in [7, 11) is 0. The first-order valence-electron chi connectivity index (χ1n) is 15.2. The van der Waals surface area contributed by atoms with Crippen LogP contribution in [-0.2, 0) is 6.54 Å². The van der Waals surface area contributed by atoms with Crippen LogP contribution in [0.25, 0.3) is 39.5 Å². The largest absolute Gasteiger partial charge is 0.383 e. The van der Waals surface area contributed by atoms with Crippen LogP contribution < -0.4 is 10.6 Å². The van der Waals surface area contributed by atoms with Gasteiger partial charge >= 0.3 is 0 Å². The fourth-order valence-electron chi connectivity index (χ4n) is 5.49. The summed E-state index contributed by atoms with van der Waals surface area (Å²) in [5.41, 5.74) is 12.6. The third-order valence-electron chi connectivity index (χ3n) is 7.75. The Kier molecular flexibility index (Phi) is 9.15. The normalized spacial score (nSPS) is 13.2. The van der Waals surface area contributed by atoms with Crippen LogP contribution in [-0.4, -0.2) is 60.6 Å². The van der Waals surface area contributed by atoms with Crippen LogP contribution in [0, 0.1) is 11.3 Å². The number of fused-ring (bicyclic) bond motifs is 1. The van der Waals surface area contributed by atoms with Crippen molar-refractivity contribution in [3.63, 3.8) is 0 Å². The summed E-state index contributed by atoms with van der Waals surface area (Å²) in [5, 5.41) is 9.80. The third-order valence-corrected chi connectivity index (χ3v) is 8.08. The van der Waals surface area contributed by atoms with E-state index in [0.717, 1.165) is 60.7 Å². The van der Waals surface area contributed by atoms with Crippen LogP contribution in [0.2, 0.25) is 5.02 Å². The number of anilines is 2. The number of nitrogens with zero attached hydrogens (tertiary/aromatic N) is 9. The molecule has 1 saturated heterocycles. The summed E-state index contributed by atoms with van der Waals surface area (Å²) < 4.78 is 2.03. The van der Waals surface area contributed by atoms with E-state index in [9.17, 15) is 0 Å². The Morgan fingerprint density at radius 2 is 1.57 bits per heavy atom. The number of hydrogen-bond donors (Lipinski definition) is 1. The number of benzene rings is 2. The zero-order valence-corrected chi connectivity index (χ0v) is 26.4. The molecule has 1 aliphatic heterocycles. The van der Waals surface area contributed by atoms with Crippen LogP contribution in [0.15, 0.2) is 91.3 Å². The predicted molar refractivity (Wildman–Crippen MR) is 183 cm³/mol. The summed E-state index contributed by atoms with van der Waals surface area (Å²) in [6.45, 7) is 8.14. The minimum Gasteiger partial charge on any atom is -0.383 e. The van der Waals surface area contributed by atoms with Crippen molar-refractivity contribution in [3.05, 3.63) is 108 Å². The molecule has 0 atom stereocenters. The van der Waals surface area contributed by atoms with Gasteiger partial charge < -0.3 is 10.6 Å². The summed E-state index contributed by atoms with van der Waals surface area (Å²) in [5.74, 6) is 1.67. The molecule has 5 heterocycles. The maximum Gasteiger partial charge on any atom is 0.226 e. The van der Waals surface area contributed by atoms with Crippen LogP contribution in [0.3, 0.4) is 0 Å². The van der Waals surface area contributed by atoms with Crippen LogP contribution in [0.4, 0.5) is 11.8 Å². The van der Waals surface area contributed by atoms with Gasteiger partial charge in [-0.05, 0) is 54.1 Å². The van der Waals surface area contributed by atoms with Crippen molar-refractivity contribution >= 4 is 34.5 Å². The minimum absolute atomic E-state index is 0.382. The number of nitriles is 1. The molecule has 0 spiro atoms. The van der Waals surface area contributed by atoms with Gasteiger partial charge in [-0.25, -0.2) is 24.9 Å². The van der Waals surface area contributed by atoms with Gasteiger partial charge in [-0.3, -0.25) is 9.47 Å². The van der Waals surface area contributed by atoms with Gasteiger partial charge in [0, 0.05) is 61.4 Å². The lowest BCUT2D eigenvalue weighted by Crippen LogP contribution is -2.46. The highest BCUT2D eigenvalue weighted by atomic mass is 35.5. The van der Waals surface area contributed by atoms with Gasteiger partial charge in [-0.1, -0.05) is 55.8 Å². The monoisotopic (exact) mass is 628 g/mol.